The number of amides is 2. The van der Waals surface area contributed by atoms with Crippen molar-refractivity contribution in [3.8, 4) is 17.2 Å². The summed E-state index contributed by atoms with van der Waals surface area (Å²) in [5, 5.41) is 24.0. The van der Waals surface area contributed by atoms with E-state index >= 15 is 0 Å². The van der Waals surface area contributed by atoms with Crippen LogP contribution >= 0.6 is 0 Å². The van der Waals surface area contributed by atoms with Crippen molar-refractivity contribution in [2.45, 2.75) is 12.8 Å². The van der Waals surface area contributed by atoms with E-state index in [1.165, 1.54) is 23.9 Å². The molecule has 3 rings (SSSR count). The van der Waals surface area contributed by atoms with Gasteiger partial charge in [-0.15, -0.1) is 0 Å². The lowest BCUT2D eigenvalue weighted by Crippen LogP contribution is -2.28. The van der Waals surface area contributed by atoms with Crippen LogP contribution in [-0.4, -0.2) is 21.7 Å². The molecule has 0 unspecified atom stereocenters. The van der Waals surface area contributed by atoms with E-state index in [0.29, 0.717) is 17.1 Å². The lowest BCUT2D eigenvalue weighted by atomic mass is 10.1. The largest absolute Gasteiger partial charge is 0.871 e. The molecule has 160 valence electrons. The average Bonchev–Trinajstić information content (AvgIpc) is 2.75. The number of carbonyl (C=O) groups is 2. The lowest BCUT2D eigenvalue weighted by molar-refractivity contribution is -0.267. The number of benzene rings is 2. The number of nitrogens with one attached hydrogen (secondary N) is 2. The van der Waals surface area contributed by atoms with Crippen molar-refractivity contribution >= 4 is 23.4 Å². The van der Waals surface area contributed by atoms with Crippen molar-refractivity contribution in [1.82, 2.24) is 4.57 Å². The minimum atomic E-state index is -0.817. The molecule has 0 spiro atoms. The molecule has 0 aliphatic rings. The maximum atomic E-state index is 12.6. The Morgan fingerprint density at radius 1 is 1.03 bits per heavy atom. The van der Waals surface area contributed by atoms with Crippen LogP contribution in [0.1, 0.15) is 12.0 Å². The second-order valence-corrected chi connectivity index (χ2v) is 6.68. The van der Waals surface area contributed by atoms with Crippen LogP contribution in [0.25, 0.3) is 0 Å². The molecule has 0 bridgehead atoms. The van der Waals surface area contributed by atoms with Crippen LogP contribution in [0, 0.1) is 0 Å². The second-order valence-electron chi connectivity index (χ2n) is 6.68. The highest BCUT2D eigenvalue weighted by atomic mass is 16.5. The summed E-state index contributed by atoms with van der Waals surface area (Å²) in [5.74, 6) is -0.529. The Morgan fingerprint density at radius 3 is 2.45 bits per heavy atom. The molecule has 0 aliphatic heterocycles. The standard InChI is InChI=1S/C22H21N3O6/c1-25-13-12-16(26)20(21(25)29)24-22(30)23-19-14(10-11-18(27)28)6-5-9-17(19)31-15-7-3-2-4-8-15/h2-9,12-13,26H,10-11H2,1H3,(H,27,28)(H2,23,24,30). The van der Waals surface area contributed by atoms with Crippen molar-refractivity contribution < 1.29 is 24.5 Å². The van der Waals surface area contributed by atoms with Gasteiger partial charge in [0.1, 0.15) is 17.9 Å². The molecule has 1 aromatic heterocycles. The molecule has 0 saturated carbocycles. The average molecular weight is 423 g/mol. The van der Waals surface area contributed by atoms with Crippen LogP contribution in [0.4, 0.5) is 16.2 Å². The molecule has 3 aromatic rings. The molecule has 2 amide bonds. The van der Waals surface area contributed by atoms with Crippen LogP contribution in [0.3, 0.4) is 0 Å². The third-order valence-corrected chi connectivity index (χ3v) is 4.41. The van der Waals surface area contributed by atoms with Crippen LogP contribution in [0.2, 0.25) is 0 Å². The number of ether oxygens (including phenoxy) is 1. The summed E-state index contributed by atoms with van der Waals surface area (Å²) >= 11 is 0. The predicted octanol–water partition coefficient (Wildman–Crippen LogP) is 2.08. The molecule has 1 heterocycles. The molecule has 9 nitrogen and oxygen atoms in total. The normalized spacial score (nSPS) is 10.4. The van der Waals surface area contributed by atoms with Gasteiger partial charge in [0.05, 0.1) is 5.69 Å². The SMILES string of the molecule is Cn1ccc([O-])c(NC(=O)Nc2c(CCC(=O)[OH2+])cccc2Oc2ccccc2)c1=O. The summed E-state index contributed by atoms with van der Waals surface area (Å²) in [6.45, 7) is 0. The van der Waals surface area contributed by atoms with Crippen molar-refractivity contribution in [2.24, 2.45) is 7.05 Å². The molecule has 31 heavy (non-hydrogen) atoms. The molecule has 4 N–H and O–H groups in total. The number of aromatic nitrogens is 1. The monoisotopic (exact) mass is 423 g/mol. The number of hydrogen-bond donors (Lipinski definition) is 2. The van der Waals surface area contributed by atoms with Crippen LogP contribution in [0.5, 0.6) is 17.2 Å². The van der Waals surface area contributed by atoms with Gasteiger partial charge in [-0.25, -0.2) is 4.79 Å². The number of aryl methyl sites for hydroxylation is 2. The quantitative estimate of drug-likeness (QED) is 0.561. The number of anilines is 2. The van der Waals surface area contributed by atoms with Crippen LogP contribution < -0.4 is 26.0 Å². The van der Waals surface area contributed by atoms with Crippen LogP contribution in [-0.2, 0) is 18.3 Å². The predicted molar refractivity (Wildman–Crippen MR) is 114 cm³/mol. The van der Waals surface area contributed by atoms with Gasteiger partial charge in [0.25, 0.3) is 5.56 Å². The molecule has 9 heteroatoms. The van der Waals surface area contributed by atoms with Crippen molar-refractivity contribution in [2.75, 3.05) is 10.6 Å². The van der Waals surface area contributed by atoms with Gasteiger partial charge in [0.15, 0.2) is 5.75 Å². The molecule has 0 fully saturated rings. The minimum Gasteiger partial charge on any atom is -0.871 e. The Morgan fingerprint density at radius 2 is 1.74 bits per heavy atom. The van der Waals surface area contributed by atoms with Gasteiger partial charge in [0, 0.05) is 18.0 Å². The fraction of sp³-hybridized carbons (Fsp3) is 0.136. The first kappa shape index (κ1) is 21.4. The first-order valence-electron chi connectivity index (χ1n) is 9.39. The van der Waals surface area contributed by atoms with Gasteiger partial charge < -0.3 is 30.2 Å². The second kappa shape index (κ2) is 9.49. The summed E-state index contributed by atoms with van der Waals surface area (Å²) < 4.78 is 7.05. The van der Waals surface area contributed by atoms with Crippen molar-refractivity contribution in [3.05, 3.63) is 76.7 Å². The van der Waals surface area contributed by atoms with Crippen molar-refractivity contribution in [3.63, 3.8) is 0 Å². The van der Waals surface area contributed by atoms with Gasteiger partial charge >= 0.3 is 12.0 Å². The van der Waals surface area contributed by atoms with E-state index in [1.54, 1.807) is 42.5 Å². The lowest BCUT2D eigenvalue weighted by Gasteiger charge is -2.18. The molecule has 0 saturated heterocycles. The Hall–Kier alpha value is -4.27. The number of hydrogen-bond acceptors (Lipinski definition) is 5. The highest BCUT2D eigenvalue weighted by molar-refractivity contribution is 6.02. The zero-order valence-corrected chi connectivity index (χ0v) is 16.7. The number of urea groups is 1. The minimum absolute atomic E-state index is 0.0466. The first-order chi connectivity index (χ1) is 14.8. The van der Waals surface area contributed by atoms with Gasteiger partial charge in [-0.05, 0) is 30.2 Å². The smallest absolute Gasteiger partial charge is 0.516 e. The molecule has 0 radical (unpaired) electrons. The van der Waals surface area contributed by atoms with Crippen molar-refractivity contribution in [1.29, 1.82) is 0 Å². The van der Waals surface area contributed by atoms with E-state index in [1.807, 2.05) is 6.07 Å². The highest BCUT2D eigenvalue weighted by Gasteiger charge is 2.17. The summed E-state index contributed by atoms with van der Waals surface area (Å²) in [4.78, 5) is 35.9. The molecular weight excluding hydrogens is 402 g/mol. The van der Waals surface area contributed by atoms with E-state index in [4.69, 9.17) is 9.84 Å². The van der Waals surface area contributed by atoms with E-state index in [0.717, 1.165) is 0 Å². The number of rotatable bonds is 7. The fourth-order valence-corrected chi connectivity index (χ4v) is 2.86. The summed E-state index contributed by atoms with van der Waals surface area (Å²) in [7, 11) is 1.46. The first-order valence-corrected chi connectivity index (χ1v) is 9.39. The van der Waals surface area contributed by atoms with Gasteiger partial charge in [0.2, 0.25) is 0 Å². The van der Waals surface area contributed by atoms with Crippen LogP contribution in [0.15, 0.2) is 65.6 Å². The number of nitrogens with zero attached hydrogens (tertiary/aromatic N) is 1. The van der Waals surface area contributed by atoms with E-state index in [2.05, 4.69) is 10.6 Å². The number of pyridine rings is 1. The number of carbonyl (C=O) groups excluding carboxylic acids is 2. The van der Waals surface area contributed by atoms with E-state index < -0.39 is 23.3 Å². The zero-order valence-electron chi connectivity index (χ0n) is 16.7. The topological polar surface area (TPSA) is 135 Å². The zero-order chi connectivity index (χ0) is 22.4. The Kier molecular flexibility index (Phi) is 6.56. The maximum absolute atomic E-state index is 12.6. The molecule has 2 aromatic carbocycles. The Labute approximate surface area is 177 Å². The van der Waals surface area contributed by atoms with Gasteiger partial charge in [-0.1, -0.05) is 42.1 Å². The third kappa shape index (κ3) is 5.41. The summed E-state index contributed by atoms with van der Waals surface area (Å²) in [6, 6.07) is 14.3. The number of para-hydroxylation sites is 2. The fourth-order valence-electron chi connectivity index (χ4n) is 2.86. The van der Waals surface area contributed by atoms with Gasteiger partial charge in [-0.2, -0.15) is 0 Å². The maximum Gasteiger partial charge on any atom is 0.516 e. The Balaban J connectivity index is 1.91. The summed E-state index contributed by atoms with van der Waals surface area (Å²) in [6.07, 6.45) is 1.46. The highest BCUT2D eigenvalue weighted by Crippen LogP contribution is 2.33. The molecule has 0 aliphatic carbocycles. The van der Waals surface area contributed by atoms with E-state index in [-0.39, 0.29) is 24.2 Å². The van der Waals surface area contributed by atoms with Gasteiger partial charge in [-0.3, -0.25) is 4.79 Å². The molecular formula is C22H21N3O6. The summed E-state index contributed by atoms with van der Waals surface area (Å²) in [5.41, 5.74) is -0.193. The van der Waals surface area contributed by atoms with E-state index in [9.17, 15) is 19.5 Å². The third-order valence-electron chi connectivity index (χ3n) is 4.41. The Bertz CT molecular complexity index is 1160. The molecule has 0 atom stereocenters.